The van der Waals surface area contributed by atoms with Crippen LogP contribution in [0.5, 0.6) is 0 Å². The lowest BCUT2D eigenvalue weighted by Crippen LogP contribution is -2.30. The molecule has 0 aliphatic heterocycles. The van der Waals surface area contributed by atoms with Crippen LogP contribution in [0.15, 0.2) is 48.6 Å². The van der Waals surface area contributed by atoms with E-state index in [0.29, 0.717) is 19.3 Å². The fraction of sp³-hybridized carbons (Fsp3) is 0.857. The van der Waals surface area contributed by atoms with E-state index in [1.54, 1.807) is 0 Å². The Kier molecular flexibility index (Phi) is 69.6. The second-order valence-electron chi connectivity index (χ2n) is 25.2. The zero-order chi connectivity index (χ0) is 59.9. The van der Waals surface area contributed by atoms with Gasteiger partial charge < -0.3 is 14.2 Å². The fourth-order valence-corrected chi connectivity index (χ4v) is 11.2. The highest BCUT2D eigenvalue weighted by Crippen LogP contribution is 2.19. The normalized spacial score (nSPS) is 12.3. The lowest BCUT2D eigenvalue weighted by molar-refractivity contribution is -0.167. The first-order valence-corrected chi connectivity index (χ1v) is 37.1. The molecule has 0 fully saturated rings. The summed E-state index contributed by atoms with van der Waals surface area (Å²) in [6.07, 6.45) is 92.2. The van der Waals surface area contributed by atoms with Gasteiger partial charge in [-0.1, -0.05) is 352 Å². The van der Waals surface area contributed by atoms with E-state index < -0.39 is 6.10 Å². The Morgan fingerprint density at radius 2 is 0.434 bits per heavy atom. The smallest absolute Gasteiger partial charge is 0.306 e. The highest BCUT2D eigenvalue weighted by molar-refractivity contribution is 5.71. The average molecular weight is 1160 g/mol. The van der Waals surface area contributed by atoms with E-state index in [9.17, 15) is 14.4 Å². The highest BCUT2D eigenvalue weighted by atomic mass is 16.6. The van der Waals surface area contributed by atoms with Crippen molar-refractivity contribution in [3.8, 4) is 0 Å². The number of esters is 3. The molecule has 0 rings (SSSR count). The molecule has 1 atom stereocenters. The van der Waals surface area contributed by atoms with Crippen molar-refractivity contribution in [3.05, 3.63) is 48.6 Å². The van der Waals surface area contributed by atoms with Gasteiger partial charge in [-0.2, -0.15) is 0 Å². The molecule has 0 saturated carbocycles. The van der Waals surface area contributed by atoms with Crippen LogP contribution in [0.25, 0.3) is 0 Å². The number of carbonyl (C=O) groups excluding carboxylic acids is 3. The standard InChI is InChI=1S/C77H142O6/c1-4-7-10-13-15-17-19-21-23-25-27-29-31-33-35-37-38-40-41-43-45-47-49-51-53-55-57-59-61-64-67-70-76(79)82-73-74(72-81-75(78)69-66-63-12-9-6-3)83-77(80)71-68-65-62-60-58-56-54-52-50-48-46-44-42-39-36-34-32-30-28-26-24-22-20-18-16-14-11-8-5-2/h19-22,25-28,74H,4-18,23-24,29-73H2,1-3H3/b21-19-,22-20-,27-25-,28-26-. The van der Waals surface area contributed by atoms with E-state index >= 15 is 0 Å². The van der Waals surface area contributed by atoms with E-state index in [2.05, 4.69) is 69.4 Å². The van der Waals surface area contributed by atoms with Gasteiger partial charge >= 0.3 is 17.9 Å². The highest BCUT2D eigenvalue weighted by Gasteiger charge is 2.19. The van der Waals surface area contributed by atoms with Crippen LogP contribution in [0, 0.1) is 0 Å². The van der Waals surface area contributed by atoms with Gasteiger partial charge in [-0.15, -0.1) is 0 Å². The summed E-state index contributed by atoms with van der Waals surface area (Å²) in [5, 5.41) is 0. The summed E-state index contributed by atoms with van der Waals surface area (Å²) in [4.78, 5) is 38.1. The lowest BCUT2D eigenvalue weighted by atomic mass is 10.0. The molecule has 0 aromatic rings. The van der Waals surface area contributed by atoms with Crippen molar-refractivity contribution in [2.24, 2.45) is 0 Å². The van der Waals surface area contributed by atoms with Crippen molar-refractivity contribution in [2.45, 2.75) is 412 Å². The maximum atomic E-state index is 12.9. The summed E-state index contributed by atoms with van der Waals surface area (Å²) in [5.74, 6) is -0.856. The summed E-state index contributed by atoms with van der Waals surface area (Å²) < 4.78 is 16.8. The van der Waals surface area contributed by atoms with Crippen molar-refractivity contribution in [2.75, 3.05) is 13.2 Å². The number of hydrogen-bond donors (Lipinski definition) is 0. The Labute approximate surface area is 518 Å². The van der Waals surface area contributed by atoms with Crippen molar-refractivity contribution >= 4 is 17.9 Å². The molecule has 0 bridgehead atoms. The third kappa shape index (κ3) is 70.0. The van der Waals surface area contributed by atoms with Gasteiger partial charge in [0.05, 0.1) is 0 Å². The third-order valence-corrected chi connectivity index (χ3v) is 16.8. The molecular weight excluding hydrogens is 1020 g/mol. The Bertz CT molecular complexity index is 1430. The molecule has 486 valence electrons. The summed E-state index contributed by atoms with van der Waals surface area (Å²) in [7, 11) is 0. The molecule has 6 heteroatoms. The van der Waals surface area contributed by atoms with E-state index in [1.165, 1.54) is 289 Å². The molecule has 0 spiro atoms. The monoisotopic (exact) mass is 1160 g/mol. The van der Waals surface area contributed by atoms with Gasteiger partial charge in [0.15, 0.2) is 6.10 Å². The van der Waals surface area contributed by atoms with Crippen LogP contribution in [0.3, 0.4) is 0 Å². The molecule has 0 heterocycles. The van der Waals surface area contributed by atoms with Gasteiger partial charge in [-0.05, 0) is 83.5 Å². The Morgan fingerprint density at radius 1 is 0.241 bits per heavy atom. The van der Waals surface area contributed by atoms with Gasteiger partial charge in [-0.3, -0.25) is 14.4 Å². The van der Waals surface area contributed by atoms with E-state index in [1.807, 2.05) is 0 Å². The minimum Gasteiger partial charge on any atom is -0.462 e. The minimum absolute atomic E-state index is 0.0677. The zero-order valence-electron chi connectivity index (χ0n) is 56.0. The number of hydrogen-bond acceptors (Lipinski definition) is 6. The maximum Gasteiger partial charge on any atom is 0.306 e. The first-order chi connectivity index (χ1) is 41.0. The predicted octanol–water partition coefficient (Wildman–Crippen LogP) is 25.7. The van der Waals surface area contributed by atoms with Gasteiger partial charge in [0.2, 0.25) is 0 Å². The van der Waals surface area contributed by atoms with Crippen LogP contribution in [-0.2, 0) is 28.6 Å². The topological polar surface area (TPSA) is 78.9 Å². The van der Waals surface area contributed by atoms with Crippen LogP contribution in [0.4, 0.5) is 0 Å². The molecular formula is C77H142O6. The Morgan fingerprint density at radius 3 is 0.663 bits per heavy atom. The molecule has 0 aliphatic rings. The average Bonchev–Trinajstić information content (AvgIpc) is 3.49. The van der Waals surface area contributed by atoms with Gasteiger partial charge in [-0.25, -0.2) is 0 Å². The Hall–Kier alpha value is -2.63. The van der Waals surface area contributed by atoms with Gasteiger partial charge in [0.1, 0.15) is 13.2 Å². The summed E-state index contributed by atoms with van der Waals surface area (Å²) in [6.45, 7) is 6.60. The molecule has 0 aromatic carbocycles. The number of allylic oxidation sites excluding steroid dienone is 8. The number of ether oxygens (including phenoxy) is 3. The van der Waals surface area contributed by atoms with Crippen LogP contribution in [-0.4, -0.2) is 37.2 Å². The molecule has 0 amide bonds. The molecule has 0 saturated heterocycles. The van der Waals surface area contributed by atoms with Crippen molar-refractivity contribution in [1.29, 1.82) is 0 Å². The van der Waals surface area contributed by atoms with E-state index in [-0.39, 0.29) is 31.1 Å². The molecule has 0 N–H and O–H groups in total. The first-order valence-electron chi connectivity index (χ1n) is 37.1. The maximum absolute atomic E-state index is 12.9. The molecule has 0 radical (unpaired) electrons. The predicted molar refractivity (Wildman–Crippen MR) is 362 cm³/mol. The second-order valence-corrected chi connectivity index (χ2v) is 25.2. The van der Waals surface area contributed by atoms with Crippen LogP contribution < -0.4 is 0 Å². The molecule has 0 aromatic heterocycles. The third-order valence-electron chi connectivity index (χ3n) is 16.8. The summed E-state index contributed by atoms with van der Waals surface area (Å²) >= 11 is 0. The van der Waals surface area contributed by atoms with Crippen molar-refractivity contribution < 1.29 is 28.6 Å². The number of unbranched alkanes of at least 4 members (excludes halogenated alkanes) is 50. The molecule has 83 heavy (non-hydrogen) atoms. The van der Waals surface area contributed by atoms with E-state index in [0.717, 1.165) is 77.0 Å². The fourth-order valence-electron chi connectivity index (χ4n) is 11.2. The molecule has 1 unspecified atom stereocenters. The van der Waals surface area contributed by atoms with Crippen LogP contribution >= 0.6 is 0 Å². The SMILES string of the molecule is CCCCCCC/C=C\C/C=C\CCCCCCCCCCCCCCCCCCCCCC(=O)OCC(COC(=O)CCCCCCC)OC(=O)CCCCCCCCCCCCCCCCCCC/C=C\C/C=C\CCCCCCC. The zero-order valence-corrected chi connectivity index (χ0v) is 56.0. The van der Waals surface area contributed by atoms with Gasteiger partial charge in [0, 0.05) is 19.3 Å². The Balaban J connectivity index is 3.90. The molecule has 6 nitrogen and oxygen atoms in total. The number of rotatable bonds is 69. The summed E-state index contributed by atoms with van der Waals surface area (Å²) in [6, 6.07) is 0. The quantitative estimate of drug-likeness (QED) is 0.0261. The van der Waals surface area contributed by atoms with Crippen molar-refractivity contribution in [3.63, 3.8) is 0 Å². The van der Waals surface area contributed by atoms with Crippen LogP contribution in [0.2, 0.25) is 0 Å². The lowest BCUT2D eigenvalue weighted by Gasteiger charge is -2.18. The number of carbonyl (C=O) groups is 3. The van der Waals surface area contributed by atoms with Gasteiger partial charge in [0.25, 0.3) is 0 Å². The minimum atomic E-state index is -0.767. The van der Waals surface area contributed by atoms with E-state index in [4.69, 9.17) is 14.2 Å². The molecule has 0 aliphatic carbocycles. The largest absolute Gasteiger partial charge is 0.462 e. The summed E-state index contributed by atoms with van der Waals surface area (Å²) in [5.41, 5.74) is 0. The van der Waals surface area contributed by atoms with Crippen molar-refractivity contribution in [1.82, 2.24) is 0 Å². The van der Waals surface area contributed by atoms with Crippen LogP contribution in [0.1, 0.15) is 406 Å². The first kappa shape index (κ1) is 80.4. The second kappa shape index (κ2) is 71.8.